The van der Waals surface area contributed by atoms with Gasteiger partial charge in [-0.2, -0.15) is 0 Å². The summed E-state index contributed by atoms with van der Waals surface area (Å²) in [6, 6.07) is 9.69. The quantitative estimate of drug-likeness (QED) is 0.737. The molecule has 0 aromatic heterocycles. The van der Waals surface area contributed by atoms with Gasteiger partial charge in [-0.1, -0.05) is 0 Å². The summed E-state index contributed by atoms with van der Waals surface area (Å²) in [5.74, 6) is -0.854. The first-order chi connectivity index (χ1) is 14.8. The van der Waals surface area contributed by atoms with Gasteiger partial charge in [0.1, 0.15) is 11.5 Å². The lowest BCUT2D eigenvalue weighted by molar-refractivity contribution is -0.122. The third-order valence-electron chi connectivity index (χ3n) is 5.53. The Hall–Kier alpha value is -3.88. The number of methoxy groups -OCH3 is 2. The second-order valence-electron chi connectivity index (χ2n) is 7.36. The van der Waals surface area contributed by atoms with Gasteiger partial charge < -0.3 is 19.7 Å². The van der Waals surface area contributed by atoms with Gasteiger partial charge in [-0.25, -0.2) is 0 Å². The fourth-order valence-corrected chi connectivity index (χ4v) is 3.81. The second-order valence-corrected chi connectivity index (χ2v) is 7.36. The minimum atomic E-state index is -0.586. The Morgan fingerprint density at radius 3 is 2.45 bits per heavy atom. The predicted molar refractivity (Wildman–Crippen MR) is 112 cm³/mol. The molecule has 0 spiro atoms. The number of benzene rings is 2. The highest BCUT2D eigenvalue weighted by atomic mass is 16.5. The van der Waals surface area contributed by atoms with Crippen LogP contribution in [0.25, 0.3) is 0 Å². The van der Waals surface area contributed by atoms with Crippen LogP contribution in [0.5, 0.6) is 11.5 Å². The summed E-state index contributed by atoms with van der Waals surface area (Å²) in [4.78, 5) is 52.2. The average Bonchev–Trinajstić information content (AvgIpc) is 3.27. The van der Waals surface area contributed by atoms with Crippen molar-refractivity contribution in [2.45, 2.75) is 6.42 Å². The van der Waals surface area contributed by atoms with E-state index in [1.165, 1.54) is 38.3 Å². The van der Waals surface area contributed by atoms with Crippen molar-refractivity contribution in [3.63, 3.8) is 0 Å². The van der Waals surface area contributed by atoms with Gasteiger partial charge in [0.2, 0.25) is 11.8 Å². The van der Waals surface area contributed by atoms with E-state index in [1.807, 2.05) is 0 Å². The highest BCUT2D eigenvalue weighted by Crippen LogP contribution is 2.36. The number of amides is 4. The largest absolute Gasteiger partial charge is 0.497 e. The summed E-state index contributed by atoms with van der Waals surface area (Å²) in [5.41, 5.74) is 1.48. The molecule has 0 saturated carbocycles. The van der Waals surface area contributed by atoms with E-state index < -0.39 is 11.8 Å². The van der Waals surface area contributed by atoms with E-state index in [4.69, 9.17) is 9.47 Å². The van der Waals surface area contributed by atoms with Crippen LogP contribution < -0.4 is 19.7 Å². The number of anilines is 2. The molecule has 2 aromatic rings. The second kappa shape index (κ2) is 7.75. The molecule has 2 aliphatic rings. The van der Waals surface area contributed by atoms with Gasteiger partial charge in [-0.05, 0) is 30.3 Å². The Kier molecular flexibility index (Phi) is 5.10. The van der Waals surface area contributed by atoms with Crippen molar-refractivity contribution in [3.8, 4) is 11.5 Å². The molecule has 1 fully saturated rings. The smallest absolute Gasteiger partial charge is 0.261 e. The Balaban J connectivity index is 1.51. The minimum absolute atomic E-state index is 0.0390. The van der Waals surface area contributed by atoms with Gasteiger partial charge >= 0.3 is 0 Å². The molecule has 1 N–H and O–H groups in total. The number of hydrogen-bond acceptors (Lipinski definition) is 6. The molecule has 9 nitrogen and oxygen atoms in total. The van der Waals surface area contributed by atoms with E-state index in [0.29, 0.717) is 28.4 Å². The Labute approximate surface area is 178 Å². The van der Waals surface area contributed by atoms with Crippen LogP contribution in [0.3, 0.4) is 0 Å². The number of hydrogen-bond donors (Lipinski definition) is 1. The maximum atomic E-state index is 12.8. The number of nitrogens with one attached hydrogen (secondary N) is 1. The average molecular weight is 423 g/mol. The SMILES string of the molecule is COc1ccc(OC)c(N2CC(C(=O)Nc3ccc4c(c3)C(=O)N(C)C4=O)CC2=O)c1. The van der Waals surface area contributed by atoms with Gasteiger partial charge in [-0.15, -0.1) is 0 Å². The van der Waals surface area contributed by atoms with Gasteiger partial charge in [0, 0.05) is 31.8 Å². The maximum Gasteiger partial charge on any atom is 0.261 e. The molecule has 0 radical (unpaired) electrons. The standard InChI is InChI=1S/C22H21N3O6/c1-24-21(28)15-6-4-13(9-16(15)22(24)29)23-20(27)12-8-19(26)25(11-12)17-10-14(30-2)5-7-18(17)31-3/h4-7,9-10,12H,8,11H2,1-3H3,(H,23,27). The number of fused-ring (bicyclic) bond motifs is 1. The first-order valence-electron chi connectivity index (χ1n) is 9.63. The van der Waals surface area contributed by atoms with Gasteiger partial charge in [-0.3, -0.25) is 24.1 Å². The highest BCUT2D eigenvalue weighted by Gasteiger charge is 2.37. The van der Waals surface area contributed by atoms with Crippen LogP contribution >= 0.6 is 0 Å². The van der Waals surface area contributed by atoms with Crippen molar-refractivity contribution in [2.75, 3.05) is 38.0 Å². The van der Waals surface area contributed by atoms with E-state index in [1.54, 1.807) is 24.3 Å². The number of carbonyl (C=O) groups excluding carboxylic acids is 4. The molecule has 0 bridgehead atoms. The lowest BCUT2D eigenvalue weighted by Crippen LogP contribution is -2.28. The van der Waals surface area contributed by atoms with E-state index in [0.717, 1.165) is 4.90 Å². The molecule has 0 aliphatic carbocycles. The van der Waals surface area contributed by atoms with Crippen LogP contribution in [0.2, 0.25) is 0 Å². The van der Waals surface area contributed by atoms with Crippen molar-refractivity contribution in [1.82, 2.24) is 4.90 Å². The van der Waals surface area contributed by atoms with Crippen molar-refractivity contribution in [2.24, 2.45) is 5.92 Å². The van der Waals surface area contributed by atoms with E-state index >= 15 is 0 Å². The highest BCUT2D eigenvalue weighted by molar-refractivity contribution is 6.21. The predicted octanol–water partition coefficient (Wildman–Crippen LogP) is 1.92. The lowest BCUT2D eigenvalue weighted by Gasteiger charge is -2.20. The third-order valence-corrected chi connectivity index (χ3v) is 5.53. The number of ether oxygens (including phenoxy) is 2. The van der Waals surface area contributed by atoms with Gasteiger partial charge in [0.15, 0.2) is 0 Å². The van der Waals surface area contributed by atoms with Crippen LogP contribution in [0, 0.1) is 5.92 Å². The fraction of sp³-hybridized carbons (Fsp3) is 0.273. The summed E-state index contributed by atoms with van der Waals surface area (Å²) in [5, 5.41) is 2.75. The molecule has 1 unspecified atom stereocenters. The minimum Gasteiger partial charge on any atom is -0.497 e. The van der Waals surface area contributed by atoms with Crippen LogP contribution in [0.4, 0.5) is 11.4 Å². The number of imide groups is 1. The van der Waals surface area contributed by atoms with Crippen LogP contribution in [0.1, 0.15) is 27.1 Å². The number of nitrogens with zero attached hydrogens (tertiary/aromatic N) is 2. The zero-order valence-electron chi connectivity index (χ0n) is 17.3. The zero-order valence-corrected chi connectivity index (χ0v) is 17.3. The van der Waals surface area contributed by atoms with Crippen molar-refractivity contribution < 1.29 is 28.7 Å². The van der Waals surface area contributed by atoms with E-state index in [9.17, 15) is 19.2 Å². The molecule has 1 saturated heterocycles. The Morgan fingerprint density at radius 2 is 1.74 bits per heavy atom. The van der Waals surface area contributed by atoms with E-state index in [-0.39, 0.29) is 36.3 Å². The first kappa shape index (κ1) is 20.4. The zero-order chi connectivity index (χ0) is 22.3. The molecule has 4 amide bonds. The molecule has 9 heteroatoms. The monoisotopic (exact) mass is 423 g/mol. The molecule has 1 atom stereocenters. The summed E-state index contributed by atoms with van der Waals surface area (Å²) in [7, 11) is 4.45. The molecule has 160 valence electrons. The third kappa shape index (κ3) is 3.48. The number of rotatable bonds is 5. The van der Waals surface area contributed by atoms with Crippen LogP contribution in [-0.4, -0.2) is 56.3 Å². The summed E-state index contributed by atoms with van der Waals surface area (Å²) < 4.78 is 10.6. The van der Waals surface area contributed by atoms with Crippen molar-refractivity contribution in [3.05, 3.63) is 47.5 Å². The van der Waals surface area contributed by atoms with Crippen LogP contribution in [-0.2, 0) is 9.59 Å². The molecule has 4 rings (SSSR count). The molecule has 2 heterocycles. The summed E-state index contributed by atoms with van der Waals surface area (Å²) in [6.07, 6.45) is 0.0390. The fourth-order valence-electron chi connectivity index (χ4n) is 3.81. The molecular weight excluding hydrogens is 402 g/mol. The molecule has 2 aliphatic heterocycles. The topological polar surface area (TPSA) is 105 Å². The van der Waals surface area contributed by atoms with Gasteiger partial charge in [0.25, 0.3) is 11.8 Å². The molecule has 31 heavy (non-hydrogen) atoms. The van der Waals surface area contributed by atoms with E-state index in [2.05, 4.69) is 5.32 Å². The lowest BCUT2D eigenvalue weighted by atomic mass is 10.1. The van der Waals surface area contributed by atoms with Gasteiger partial charge in [0.05, 0.1) is 37.0 Å². The van der Waals surface area contributed by atoms with Crippen molar-refractivity contribution >= 4 is 35.0 Å². The maximum absolute atomic E-state index is 12.8. The summed E-state index contributed by atoms with van der Waals surface area (Å²) >= 11 is 0. The Morgan fingerprint density at radius 1 is 1.00 bits per heavy atom. The first-order valence-corrected chi connectivity index (χ1v) is 9.63. The summed E-state index contributed by atoms with van der Waals surface area (Å²) in [6.45, 7) is 0.180. The van der Waals surface area contributed by atoms with Crippen molar-refractivity contribution in [1.29, 1.82) is 0 Å². The number of carbonyl (C=O) groups is 4. The molecular formula is C22H21N3O6. The van der Waals surface area contributed by atoms with Crippen LogP contribution in [0.15, 0.2) is 36.4 Å². The Bertz CT molecular complexity index is 1110. The normalized spacial score (nSPS) is 17.8. The molecule has 2 aromatic carbocycles.